The Morgan fingerprint density at radius 2 is 2.18 bits per heavy atom. The Kier molecular flexibility index (Phi) is 5.12. The summed E-state index contributed by atoms with van der Waals surface area (Å²) in [4.78, 5) is 0.279. The summed E-state index contributed by atoms with van der Waals surface area (Å²) in [5.41, 5.74) is 0.754. The number of nitrogens with one attached hydrogen (secondary N) is 1. The van der Waals surface area contributed by atoms with Crippen molar-refractivity contribution in [2.75, 3.05) is 6.54 Å². The highest BCUT2D eigenvalue weighted by atomic mass is 79.9. The summed E-state index contributed by atoms with van der Waals surface area (Å²) in [6.07, 6.45) is 0.797. The van der Waals surface area contributed by atoms with E-state index in [1.54, 1.807) is 18.2 Å². The molecular weight excluding hydrogens is 304 g/mol. The Morgan fingerprint density at radius 1 is 1.47 bits per heavy atom. The maximum Gasteiger partial charge on any atom is 0.240 e. The Bertz CT molecular complexity index is 535. The van der Waals surface area contributed by atoms with Crippen molar-refractivity contribution >= 4 is 26.0 Å². The van der Waals surface area contributed by atoms with Crippen LogP contribution in [0.2, 0.25) is 0 Å². The maximum absolute atomic E-state index is 12.0. The minimum Gasteiger partial charge on any atom is -0.210 e. The van der Waals surface area contributed by atoms with Gasteiger partial charge in [0.25, 0.3) is 0 Å². The van der Waals surface area contributed by atoms with Crippen molar-refractivity contribution in [2.24, 2.45) is 0 Å². The van der Waals surface area contributed by atoms with Gasteiger partial charge in [0.15, 0.2) is 0 Å². The predicted octanol–water partition coefficient (Wildman–Crippen LogP) is 2.20. The molecule has 0 aliphatic rings. The Balaban J connectivity index is 3.03. The van der Waals surface area contributed by atoms with Crippen molar-refractivity contribution in [3.05, 3.63) is 28.2 Å². The number of nitrogens with zero attached hydrogens (tertiary/aromatic N) is 1. The Hall–Kier alpha value is -0.900. The molecule has 0 aliphatic carbocycles. The van der Waals surface area contributed by atoms with Gasteiger partial charge in [0, 0.05) is 17.4 Å². The first-order valence-corrected chi connectivity index (χ1v) is 7.44. The zero-order valence-corrected chi connectivity index (χ0v) is 11.8. The van der Waals surface area contributed by atoms with Gasteiger partial charge in [0.2, 0.25) is 10.0 Å². The first kappa shape index (κ1) is 14.2. The lowest BCUT2D eigenvalue weighted by Crippen LogP contribution is -2.25. The number of rotatable bonds is 5. The lowest BCUT2D eigenvalue weighted by atomic mass is 10.2. The van der Waals surface area contributed by atoms with Crippen LogP contribution < -0.4 is 4.72 Å². The van der Waals surface area contributed by atoms with E-state index >= 15 is 0 Å². The summed E-state index contributed by atoms with van der Waals surface area (Å²) in [5.74, 6) is 0. The third kappa shape index (κ3) is 3.80. The molecule has 0 aliphatic heterocycles. The molecule has 92 valence electrons. The fourth-order valence-electron chi connectivity index (χ4n) is 1.41. The minimum absolute atomic E-state index is 0.137. The zero-order valence-electron chi connectivity index (χ0n) is 9.40. The predicted molar refractivity (Wildman–Crippen MR) is 68.9 cm³/mol. The molecule has 0 saturated heterocycles. The van der Waals surface area contributed by atoms with Crippen molar-refractivity contribution < 1.29 is 8.42 Å². The number of hydrogen-bond donors (Lipinski definition) is 1. The highest BCUT2D eigenvalue weighted by Crippen LogP contribution is 2.21. The van der Waals surface area contributed by atoms with Gasteiger partial charge in [-0.15, -0.1) is 0 Å². The topological polar surface area (TPSA) is 70.0 Å². The summed E-state index contributed by atoms with van der Waals surface area (Å²) >= 11 is 3.31. The molecular formula is C11H13BrN2O2S. The molecule has 0 fully saturated rings. The van der Waals surface area contributed by atoms with E-state index in [0.29, 0.717) is 6.42 Å². The molecule has 0 unspecified atom stereocenters. The van der Waals surface area contributed by atoms with Crippen LogP contribution in [0.15, 0.2) is 27.6 Å². The van der Waals surface area contributed by atoms with E-state index in [1.165, 1.54) is 0 Å². The van der Waals surface area contributed by atoms with Crippen LogP contribution >= 0.6 is 15.9 Å². The van der Waals surface area contributed by atoms with Crippen LogP contribution in [0.3, 0.4) is 0 Å². The van der Waals surface area contributed by atoms with Crippen LogP contribution in [0.4, 0.5) is 0 Å². The monoisotopic (exact) mass is 316 g/mol. The smallest absolute Gasteiger partial charge is 0.210 e. The Labute approximate surface area is 110 Å². The zero-order chi connectivity index (χ0) is 12.9. The van der Waals surface area contributed by atoms with Gasteiger partial charge in [0.05, 0.1) is 11.0 Å². The second-order valence-corrected chi connectivity index (χ2v) is 6.06. The molecule has 1 rings (SSSR count). The van der Waals surface area contributed by atoms with Gasteiger partial charge in [-0.3, -0.25) is 0 Å². The fourth-order valence-corrected chi connectivity index (χ4v) is 3.14. The first-order valence-electron chi connectivity index (χ1n) is 5.16. The van der Waals surface area contributed by atoms with Gasteiger partial charge >= 0.3 is 0 Å². The molecule has 4 nitrogen and oxygen atoms in total. The maximum atomic E-state index is 12.0. The molecule has 0 radical (unpaired) electrons. The fraction of sp³-hybridized carbons (Fsp3) is 0.364. The second-order valence-electron chi connectivity index (χ2n) is 3.41. The number of nitriles is 1. The molecule has 17 heavy (non-hydrogen) atoms. The number of sulfonamides is 1. The van der Waals surface area contributed by atoms with E-state index in [-0.39, 0.29) is 17.9 Å². The number of halogens is 1. The lowest BCUT2D eigenvalue weighted by molar-refractivity contribution is 0.581. The van der Waals surface area contributed by atoms with Crippen LogP contribution in [0.1, 0.15) is 18.9 Å². The van der Waals surface area contributed by atoms with Crippen LogP contribution in [-0.2, 0) is 16.4 Å². The van der Waals surface area contributed by atoms with Crippen molar-refractivity contribution in [2.45, 2.75) is 24.7 Å². The molecule has 1 N–H and O–H groups in total. The molecule has 0 amide bonds. The second kappa shape index (κ2) is 6.15. The molecule has 0 saturated carbocycles. The van der Waals surface area contributed by atoms with E-state index in [0.717, 1.165) is 10.0 Å². The van der Waals surface area contributed by atoms with Crippen molar-refractivity contribution in [1.82, 2.24) is 4.72 Å². The third-order valence-electron chi connectivity index (χ3n) is 2.22. The summed E-state index contributed by atoms with van der Waals surface area (Å²) in [7, 11) is -3.51. The molecule has 0 atom stereocenters. The van der Waals surface area contributed by atoms with E-state index < -0.39 is 10.0 Å². The first-order chi connectivity index (χ1) is 8.01. The van der Waals surface area contributed by atoms with Gasteiger partial charge in [-0.1, -0.05) is 22.9 Å². The van der Waals surface area contributed by atoms with Crippen molar-refractivity contribution in [3.63, 3.8) is 0 Å². The quantitative estimate of drug-likeness (QED) is 0.847. The van der Waals surface area contributed by atoms with Crippen LogP contribution in [0.25, 0.3) is 0 Å². The van der Waals surface area contributed by atoms with Gasteiger partial charge < -0.3 is 0 Å². The summed E-state index contributed by atoms with van der Waals surface area (Å²) in [5, 5.41) is 8.38. The van der Waals surface area contributed by atoms with Gasteiger partial charge in [-0.2, -0.15) is 5.26 Å². The molecule has 0 aromatic heterocycles. The number of hydrogen-bond acceptors (Lipinski definition) is 3. The average molecular weight is 317 g/mol. The minimum atomic E-state index is -3.51. The highest BCUT2D eigenvalue weighted by molar-refractivity contribution is 9.10. The molecule has 0 bridgehead atoms. The largest absolute Gasteiger partial charge is 0.240 e. The molecule has 6 heteroatoms. The standard InChI is InChI=1S/C11H13BrN2O2S/c1-2-9-8-10(12)4-5-11(9)17(15,16)14-7-3-6-13/h4-5,8,14H,2-3,7H2,1H3. The summed E-state index contributed by atoms with van der Waals surface area (Å²) < 4.78 is 27.2. The SMILES string of the molecule is CCc1cc(Br)ccc1S(=O)(=O)NCCC#N. The van der Waals surface area contributed by atoms with E-state index in [2.05, 4.69) is 20.7 Å². The van der Waals surface area contributed by atoms with Gasteiger partial charge in [-0.05, 0) is 30.2 Å². The van der Waals surface area contributed by atoms with Crippen LogP contribution in [-0.4, -0.2) is 15.0 Å². The molecule has 0 spiro atoms. The normalized spacial score (nSPS) is 11.1. The number of aryl methyl sites for hydroxylation is 1. The van der Waals surface area contributed by atoms with Crippen molar-refractivity contribution in [3.8, 4) is 6.07 Å². The van der Waals surface area contributed by atoms with Crippen LogP contribution in [0.5, 0.6) is 0 Å². The highest BCUT2D eigenvalue weighted by Gasteiger charge is 2.17. The number of benzene rings is 1. The third-order valence-corrected chi connectivity index (χ3v) is 4.28. The molecule has 1 aromatic carbocycles. The average Bonchev–Trinajstić information content (AvgIpc) is 2.28. The van der Waals surface area contributed by atoms with E-state index in [1.807, 2.05) is 13.0 Å². The van der Waals surface area contributed by atoms with Gasteiger partial charge in [-0.25, -0.2) is 13.1 Å². The summed E-state index contributed by atoms with van der Waals surface area (Å²) in [6.45, 7) is 2.04. The van der Waals surface area contributed by atoms with Crippen molar-refractivity contribution in [1.29, 1.82) is 5.26 Å². The van der Waals surface area contributed by atoms with Crippen LogP contribution in [0, 0.1) is 11.3 Å². The Morgan fingerprint density at radius 3 is 2.76 bits per heavy atom. The lowest BCUT2D eigenvalue weighted by Gasteiger charge is -2.10. The molecule has 1 aromatic rings. The molecule has 0 heterocycles. The van der Waals surface area contributed by atoms with E-state index in [9.17, 15) is 8.42 Å². The summed E-state index contributed by atoms with van der Waals surface area (Å²) in [6, 6.07) is 6.95. The van der Waals surface area contributed by atoms with Gasteiger partial charge in [0.1, 0.15) is 0 Å². The van der Waals surface area contributed by atoms with E-state index in [4.69, 9.17) is 5.26 Å².